The molecule has 0 spiro atoms. The van der Waals surface area contributed by atoms with Crippen molar-refractivity contribution in [1.29, 1.82) is 0 Å². The molecule has 0 heterocycles. The second-order valence-electron chi connectivity index (χ2n) is 5.82. The molecule has 0 radical (unpaired) electrons. The van der Waals surface area contributed by atoms with Gasteiger partial charge in [0.05, 0.1) is 18.6 Å². The van der Waals surface area contributed by atoms with Crippen molar-refractivity contribution < 1.29 is 14.3 Å². The van der Waals surface area contributed by atoms with E-state index in [1.807, 2.05) is 30.3 Å². The topological polar surface area (TPSA) is 67.4 Å². The third-order valence-corrected chi connectivity index (χ3v) is 3.09. The van der Waals surface area contributed by atoms with Gasteiger partial charge >= 0.3 is 12.0 Å². The quantitative estimate of drug-likeness (QED) is 0.761. The zero-order valence-corrected chi connectivity index (χ0v) is 13.8. The highest BCUT2D eigenvalue weighted by Gasteiger charge is 2.18. The summed E-state index contributed by atoms with van der Waals surface area (Å²) in [5.41, 5.74) is 1.06. The third kappa shape index (κ3) is 6.61. The Labute approximate surface area is 132 Å². The van der Waals surface area contributed by atoms with E-state index in [9.17, 15) is 9.59 Å². The monoisotopic (exact) mass is 306 g/mol. The number of benzene rings is 1. The first kappa shape index (κ1) is 18.0. The van der Waals surface area contributed by atoms with Gasteiger partial charge in [0, 0.05) is 6.54 Å². The fourth-order valence-corrected chi connectivity index (χ4v) is 2.09. The molecular weight excluding hydrogens is 280 g/mol. The number of esters is 1. The molecule has 0 fully saturated rings. The average Bonchev–Trinajstić information content (AvgIpc) is 2.44. The van der Waals surface area contributed by atoms with Crippen molar-refractivity contribution in [3.8, 4) is 0 Å². The van der Waals surface area contributed by atoms with Crippen LogP contribution in [-0.4, -0.2) is 24.6 Å². The van der Waals surface area contributed by atoms with Crippen molar-refractivity contribution in [1.82, 2.24) is 10.6 Å². The van der Waals surface area contributed by atoms with Gasteiger partial charge in [0.2, 0.25) is 0 Å². The van der Waals surface area contributed by atoms with Crippen LogP contribution in [0.3, 0.4) is 0 Å². The van der Waals surface area contributed by atoms with Gasteiger partial charge in [0.1, 0.15) is 0 Å². The molecule has 0 saturated heterocycles. The third-order valence-electron chi connectivity index (χ3n) is 3.09. The number of amides is 2. The molecule has 0 aliphatic rings. The van der Waals surface area contributed by atoms with Crippen LogP contribution in [0.5, 0.6) is 0 Å². The van der Waals surface area contributed by atoms with Crippen molar-refractivity contribution in [3.63, 3.8) is 0 Å². The van der Waals surface area contributed by atoms with Crippen LogP contribution in [0.4, 0.5) is 4.79 Å². The average molecular weight is 306 g/mol. The number of ether oxygens (including phenoxy) is 1. The summed E-state index contributed by atoms with van der Waals surface area (Å²) in [6, 6.07) is 9.49. The van der Waals surface area contributed by atoms with Gasteiger partial charge in [-0.05, 0) is 25.3 Å². The molecule has 0 aliphatic carbocycles. The van der Waals surface area contributed by atoms with Crippen molar-refractivity contribution in [2.75, 3.05) is 6.54 Å². The Morgan fingerprint density at radius 3 is 2.27 bits per heavy atom. The largest absolute Gasteiger partial charge is 0.463 e. The predicted octanol–water partition coefficient (Wildman–Crippen LogP) is 3.02. The van der Waals surface area contributed by atoms with Crippen LogP contribution < -0.4 is 10.6 Å². The summed E-state index contributed by atoms with van der Waals surface area (Å²) >= 11 is 0. The second-order valence-corrected chi connectivity index (χ2v) is 5.82. The van der Waals surface area contributed by atoms with Crippen molar-refractivity contribution in [3.05, 3.63) is 35.9 Å². The van der Waals surface area contributed by atoms with Crippen LogP contribution in [0, 0.1) is 5.92 Å². The minimum Gasteiger partial charge on any atom is -0.463 e. The molecule has 0 aliphatic heterocycles. The first-order valence-electron chi connectivity index (χ1n) is 7.69. The number of urea groups is 1. The minimum atomic E-state index is -0.307. The van der Waals surface area contributed by atoms with Crippen molar-refractivity contribution >= 4 is 12.0 Å². The SMILES string of the molecule is CC(C)OC(=O)CCNC(=O)N[C@H](c1ccccc1)C(C)C. The predicted molar refractivity (Wildman–Crippen MR) is 86.4 cm³/mol. The number of hydrogen-bond acceptors (Lipinski definition) is 3. The van der Waals surface area contributed by atoms with E-state index in [0.29, 0.717) is 0 Å². The number of nitrogens with one attached hydrogen (secondary N) is 2. The number of hydrogen-bond donors (Lipinski definition) is 2. The Bertz CT molecular complexity index is 472. The van der Waals surface area contributed by atoms with Crippen molar-refractivity contribution in [2.45, 2.75) is 46.3 Å². The van der Waals surface area contributed by atoms with Crippen molar-refractivity contribution in [2.24, 2.45) is 5.92 Å². The lowest BCUT2D eigenvalue weighted by Gasteiger charge is -2.23. The fourth-order valence-electron chi connectivity index (χ4n) is 2.09. The van der Waals surface area contributed by atoms with Gasteiger partial charge in [0.15, 0.2) is 0 Å². The summed E-state index contributed by atoms with van der Waals surface area (Å²) in [6.07, 6.45) is 0.0354. The van der Waals surface area contributed by atoms with Gasteiger partial charge in [-0.15, -0.1) is 0 Å². The summed E-state index contributed by atoms with van der Waals surface area (Å²) in [4.78, 5) is 23.4. The Kier molecular flexibility index (Phi) is 7.43. The van der Waals surface area contributed by atoms with Crippen LogP contribution in [-0.2, 0) is 9.53 Å². The molecule has 0 aromatic heterocycles. The van der Waals surface area contributed by atoms with Gasteiger partial charge in [-0.25, -0.2) is 4.79 Å². The Hall–Kier alpha value is -2.04. The van der Waals surface area contributed by atoms with E-state index in [2.05, 4.69) is 24.5 Å². The lowest BCUT2D eigenvalue weighted by atomic mass is 9.96. The number of rotatable bonds is 7. The maximum atomic E-state index is 12.0. The standard InChI is InChI=1S/C17H26N2O3/c1-12(2)16(14-8-6-5-7-9-14)19-17(21)18-11-10-15(20)22-13(3)4/h5-9,12-13,16H,10-11H2,1-4H3,(H2,18,19,21)/t16-/m0/s1. The minimum absolute atomic E-state index is 0.0659. The highest BCUT2D eigenvalue weighted by Crippen LogP contribution is 2.20. The molecule has 1 aromatic carbocycles. The Balaban J connectivity index is 2.43. The maximum Gasteiger partial charge on any atom is 0.315 e. The highest BCUT2D eigenvalue weighted by atomic mass is 16.5. The molecule has 2 amide bonds. The molecule has 122 valence electrons. The van der Waals surface area contributed by atoms with Gasteiger partial charge < -0.3 is 15.4 Å². The molecule has 22 heavy (non-hydrogen) atoms. The molecule has 0 saturated carbocycles. The zero-order valence-electron chi connectivity index (χ0n) is 13.8. The summed E-state index contributed by atoms with van der Waals surface area (Å²) < 4.78 is 5.01. The first-order chi connectivity index (χ1) is 10.4. The summed E-state index contributed by atoms with van der Waals surface area (Å²) in [6.45, 7) is 7.96. The molecule has 1 atom stereocenters. The maximum absolute atomic E-state index is 12.0. The van der Waals surface area contributed by atoms with Crippen LogP contribution >= 0.6 is 0 Å². The van der Waals surface area contributed by atoms with Crippen LogP contribution in [0.2, 0.25) is 0 Å². The fraction of sp³-hybridized carbons (Fsp3) is 0.529. The number of carbonyl (C=O) groups is 2. The van der Waals surface area contributed by atoms with Gasteiger partial charge in [-0.2, -0.15) is 0 Å². The molecule has 1 aromatic rings. The van der Waals surface area contributed by atoms with Gasteiger partial charge in [-0.1, -0.05) is 44.2 Å². The Morgan fingerprint density at radius 2 is 1.73 bits per heavy atom. The van der Waals surface area contributed by atoms with Crippen LogP contribution in [0.15, 0.2) is 30.3 Å². The van der Waals surface area contributed by atoms with E-state index >= 15 is 0 Å². The van der Waals surface area contributed by atoms with Gasteiger partial charge in [-0.3, -0.25) is 4.79 Å². The summed E-state index contributed by atoms with van der Waals surface area (Å²) in [7, 11) is 0. The van der Waals surface area contributed by atoms with E-state index in [0.717, 1.165) is 5.56 Å². The normalized spacial score (nSPS) is 12.1. The van der Waals surface area contributed by atoms with E-state index in [-0.39, 0.29) is 43.0 Å². The van der Waals surface area contributed by atoms with Gasteiger partial charge in [0.25, 0.3) is 0 Å². The lowest BCUT2D eigenvalue weighted by molar-refractivity contribution is -0.147. The Morgan fingerprint density at radius 1 is 1.09 bits per heavy atom. The molecule has 5 nitrogen and oxygen atoms in total. The van der Waals surface area contributed by atoms with E-state index in [4.69, 9.17) is 4.74 Å². The van der Waals surface area contributed by atoms with E-state index in [1.165, 1.54) is 0 Å². The highest BCUT2D eigenvalue weighted by molar-refractivity contribution is 5.76. The second kappa shape index (κ2) is 9.07. The summed E-state index contributed by atoms with van der Waals surface area (Å²) in [5, 5.41) is 5.64. The molecule has 0 bridgehead atoms. The number of carbonyl (C=O) groups excluding carboxylic acids is 2. The molecular formula is C17H26N2O3. The first-order valence-corrected chi connectivity index (χ1v) is 7.69. The van der Waals surface area contributed by atoms with Crippen LogP contribution in [0.1, 0.15) is 45.7 Å². The molecule has 1 rings (SSSR count). The summed E-state index contributed by atoms with van der Waals surface area (Å²) in [5.74, 6) is -0.0437. The molecule has 2 N–H and O–H groups in total. The lowest BCUT2D eigenvalue weighted by Crippen LogP contribution is -2.40. The molecule has 0 unspecified atom stereocenters. The van der Waals surface area contributed by atoms with E-state index < -0.39 is 0 Å². The van der Waals surface area contributed by atoms with E-state index in [1.54, 1.807) is 13.8 Å². The zero-order chi connectivity index (χ0) is 16.5. The smallest absolute Gasteiger partial charge is 0.315 e. The van der Waals surface area contributed by atoms with Crippen LogP contribution in [0.25, 0.3) is 0 Å². The molecule has 5 heteroatoms.